The van der Waals surface area contributed by atoms with Gasteiger partial charge in [0.05, 0.1) is 10.6 Å². The van der Waals surface area contributed by atoms with Gasteiger partial charge >= 0.3 is 0 Å². The molecule has 2 rings (SSSR count). The van der Waals surface area contributed by atoms with Gasteiger partial charge < -0.3 is 5.01 Å². The van der Waals surface area contributed by atoms with Crippen molar-refractivity contribution in [2.75, 3.05) is 12.1 Å². The molecule has 0 saturated heterocycles. The number of non-ortho nitro benzene ring substituents is 1. The van der Waals surface area contributed by atoms with Gasteiger partial charge in [-0.2, -0.15) is 0 Å². The molecule has 0 unspecified atom stereocenters. The van der Waals surface area contributed by atoms with Crippen molar-refractivity contribution in [2.45, 2.75) is 6.54 Å². The van der Waals surface area contributed by atoms with Gasteiger partial charge in [0.1, 0.15) is 0 Å². The van der Waals surface area contributed by atoms with Gasteiger partial charge in [-0.1, -0.05) is 0 Å². The van der Waals surface area contributed by atoms with Crippen molar-refractivity contribution in [1.82, 2.24) is 5.43 Å². The zero-order valence-electron chi connectivity index (χ0n) is 7.15. The van der Waals surface area contributed by atoms with Gasteiger partial charge in [-0.25, -0.2) is 5.43 Å². The molecule has 1 aromatic rings. The number of anilines is 1. The average molecular weight is 179 g/mol. The molecule has 1 N–H and O–H groups in total. The number of benzene rings is 1. The molecule has 1 aliphatic heterocycles. The van der Waals surface area contributed by atoms with Crippen molar-refractivity contribution in [3.05, 3.63) is 33.9 Å². The molecule has 0 atom stereocenters. The van der Waals surface area contributed by atoms with Crippen LogP contribution in [0.4, 0.5) is 11.4 Å². The number of nitrogens with zero attached hydrogens (tertiary/aromatic N) is 2. The molecule has 1 heterocycles. The molecule has 0 spiro atoms. The number of hydrogen-bond donors (Lipinski definition) is 1. The first-order valence-corrected chi connectivity index (χ1v) is 3.93. The van der Waals surface area contributed by atoms with Crippen LogP contribution in [0.2, 0.25) is 0 Å². The highest BCUT2D eigenvalue weighted by Gasteiger charge is 2.18. The standard InChI is InChI=1S/C8H9N3O2/c1-10-8-4-7(11(12)13)3-2-6(8)5-9-10/h2-4,9H,5H2,1H3. The fourth-order valence-electron chi connectivity index (χ4n) is 1.42. The number of nitro groups is 1. The fourth-order valence-corrected chi connectivity index (χ4v) is 1.42. The highest BCUT2D eigenvalue weighted by Crippen LogP contribution is 2.27. The quantitative estimate of drug-likeness (QED) is 0.517. The fraction of sp³-hybridized carbons (Fsp3) is 0.250. The Kier molecular flexibility index (Phi) is 1.66. The summed E-state index contributed by atoms with van der Waals surface area (Å²) in [4.78, 5) is 10.1. The first kappa shape index (κ1) is 8.00. The van der Waals surface area contributed by atoms with Gasteiger partial charge in [-0.05, 0) is 11.6 Å². The third kappa shape index (κ3) is 1.23. The van der Waals surface area contributed by atoms with Gasteiger partial charge in [0.2, 0.25) is 0 Å². The van der Waals surface area contributed by atoms with Crippen molar-refractivity contribution < 1.29 is 4.92 Å². The molecule has 0 amide bonds. The van der Waals surface area contributed by atoms with Gasteiger partial charge in [-0.15, -0.1) is 0 Å². The second-order valence-electron chi connectivity index (χ2n) is 2.96. The first-order valence-electron chi connectivity index (χ1n) is 3.93. The maximum absolute atomic E-state index is 10.5. The predicted octanol–water partition coefficient (Wildman–Crippen LogP) is 1.05. The Labute approximate surface area is 75.1 Å². The molecule has 68 valence electrons. The minimum atomic E-state index is -0.382. The Morgan fingerprint density at radius 2 is 2.38 bits per heavy atom. The molecule has 0 bridgehead atoms. The monoisotopic (exact) mass is 179 g/mol. The van der Waals surface area contributed by atoms with E-state index in [9.17, 15) is 10.1 Å². The summed E-state index contributed by atoms with van der Waals surface area (Å²) >= 11 is 0. The van der Waals surface area contributed by atoms with Crippen LogP contribution in [0, 0.1) is 10.1 Å². The van der Waals surface area contributed by atoms with E-state index in [0.717, 1.165) is 17.8 Å². The summed E-state index contributed by atoms with van der Waals surface area (Å²) in [6, 6.07) is 4.89. The van der Waals surface area contributed by atoms with Crippen LogP contribution in [0.1, 0.15) is 5.56 Å². The van der Waals surface area contributed by atoms with Gasteiger partial charge in [0.25, 0.3) is 5.69 Å². The van der Waals surface area contributed by atoms with Crippen LogP contribution in [-0.4, -0.2) is 12.0 Å². The second-order valence-corrected chi connectivity index (χ2v) is 2.96. The molecule has 13 heavy (non-hydrogen) atoms. The van der Waals surface area contributed by atoms with Gasteiger partial charge in [0, 0.05) is 25.7 Å². The third-order valence-electron chi connectivity index (χ3n) is 2.15. The van der Waals surface area contributed by atoms with Gasteiger partial charge in [0.15, 0.2) is 0 Å². The lowest BCUT2D eigenvalue weighted by Gasteiger charge is -2.10. The summed E-state index contributed by atoms with van der Waals surface area (Å²) in [6.07, 6.45) is 0. The number of hydrazine groups is 1. The minimum Gasteiger partial charge on any atom is -0.311 e. The molecule has 0 saturated carbocycles. The van der Waals surface area contributed by atoms with E-state index in [1.807, 2.05) is 7.05 Å². The summed E-state index contributed by atoms with van der Waals surface area (Å²) in [6.45, 7) is 0.740. The van der Waals surface area contributed by atoms with E-state index in [-0.39, 0.29) is 10.6 Å². The summed E-state index contributed by atoms with van der Waals surface area (Å²) in [5, 5.41) is 12.3. The molecule has 0 aromatic heterocycles. The van der Waals surface area contributed by atoms with E-state index in [2.05, 4.69) is 5.43 Å². The lowest BCUT2D eigenvalue weighted by molar-refractivity contribution is -0.384. The Balaban J connectivity index is 2.47. The Hall–Kier alpha value is -1.62. The number of rotatable bonds is 1. The van der Waals surface area contributed by atoms with Crippen LogP contribution >= 0.6 is 0 Å². The summed E-state index contributed by atoms with van der Waals surface area (Å²) in [7, 11) is 1.84. The largest absolute Gasteiger partial charge is 0.311 e. The Morgan fingerprint density at radius 1 is 1.62 bits per heavy atom. The highest BCUT2D eigenvalue weighted by molar-refractivity contribution is 5.60. The van der Waals surface area contributed by atoms with E-state index in [1.54, 1.807) is 17.1 Å². The van der Waals surface area contributed by atoms with Gasteiger partial charge in [-0.3, -0.25) is 10.1 Å². The van der Waals surface area contributed by atoms with E-state index >= 15 is 0 Å². The van der Waals surface area contributed by atoms with Crippen LogP contribution in [0.3, 0.4) is 0 Å². The van der Waals surface area contributed by atoms with Crippen molar-refractivity contribution in [3.63, 3.8) is 0 Å². The summed E-state index contributed by atoms with van der Waals surface area (Å²) in [5.41, 5.74) is 5.17. The molecular weight excluding hydrogens is 170 g/mol. The maximum Gasteiger partial charge on any atom is 0.271 e. The van der Waals surface area contributed by atoms with Crippen LogP contribution in [0.25, 0.3) is 0 Å². The predicted molar refractivity (Wildman–Crippen MR) is 48.3 cm³/mol. The number of nitro benzene ring substituents is 1. The van der Waals surface area contributed by atoms with Crippen molar-refractivity contribution in [3.8, 4) is 0 Å². The number of nitrogens with one attached hydrogen (secondary N) is 1. The van der Waals surface area contributed by atoms with Crippen LogP contribution in [0.5, 0.6) is 0 Å². The second kappa shape index (κ2) is 2.70. The van der Waals surface area contributed by atoms with Crippen molar-refractivity contribution in [2.24, 2.45) is 0 Å². The first-order chi connectivity index (χ1) is 6.18. The van der Waals surface area contributed by atoms with Crippen molar-refractivity contribution in [1.29, 1.82) is 0 Å². The van der Waals surface area contributed by atoms with E-state index in [0.29, 0.717) is 0 Å². The molecule has 1 aromatic carbocycles. The molecule has 1 aliphatic rings. The van der Waals surface area contributed by atoms with Crippen LogP contribution in [-0.2, 0) is 6.54 Å². The normalized spacial score (nSPS) is 14.4. The van der Waals surface area contributed by atoms with E-state index in [4.69, 9.17) is 0 Å². The van der Waals surface area contributed by atoms with Crippen molar-refractivity contribution >= 4 is 11.4 Å². The lowest BCUT2D eigenvalue weighted by Crippen LogP contribution is -2.26. The maximum atomic E-state index is 10.5. The van der Waals surface area contributed by atoms with Crippen LogP contribution in [0.15, 0.2) is 18.2 Å². The molecular formula is C8H9N3O2. The molecule has 0 fully saturated rings. The Morgan fingerprint density at radius 3 is 3.08 bits per heavy atom. The number of hydrogen-bond acceptors (Lipinski definition) is 4. The number of fused-ring (bicyclic) bond motifs is 1. The smallest absolute Gasteiger partial charge is 0.271 e. The minimum absolute atomic E-state index is 0.134. The molecule has 5 heteroatoms. The zero-order valence-corrected chi connectivity index (χ0v) is 7.15. The van der Waals surface area contributed by atoms with E-state index in [1.165, 1.54) is 6.07 Å². The summed E-state index contributed by atoms with van der Waals surface area (Å²) in [5.74, 6) is 0. The summed E-state index contributed by atoms with van der Waals surface area (Å²) < 4.78 is 0. The third-order valence-corrected chi connectivity index (χ3v) is 2.15. The van der Waals surface area contributed by atoms with E-state index < -0.39 is 0 Å². The zero-order chi connectivity index (χ0) is 9.42. The van der Waals surface area contributed by atoms with Crippen LogP contribution < -0.4 is 10.4 Å². The SMILES string of the molecule is CN1NCc2ccc([N+](=O)[O-])cc21. The average Bonchev–Trinajstić information content (AvgIpc) is 2.47. The molecule has 0 radical (unpaired) electrons. The Bertz CT molecular complexity index is 364. The highest BCUT2D eigenvalue weighted by atomic mass is 16.6. The molecule has 5 nitrogen and oxygen atoms in total. The molecule has 0 aliphatic carbocycles. The lowest BCUT2D eigenvalue weighted by atomic mass is 10.2. The topological polar surface area (TPSA) is 58.4 Å².